The smallest absolute Gasteiger partial charge is 0.323 e. The van der Waals surface area contributed by atoms with E-state index in [0.29, 0.717) is 0 Å². The molecule has 120 heavy (non-hydrogen) atoms. The van der Waals surface area contributed by atoms with Crippen LogP contribution in [-0.4, -0.2) is 201 Å². The second kappa shape index (κ2) is 43.9. The van der Waals surface area contributed by atoms with E-state index in [0.717, 1.165) is 55.1 Å². The van der Waals surface area contributed by atoms with Crippen molar-refractivity contribution in [3.8, 4) is 46.0 Å². The number of esters is 4. The maximum Gasteiger partial charge on any atom is 0.323 e. The highest BCUT2D eigenvalue weighted by Crippen LogP contribution is 2.50. The van der Waals surface area contributed by atoms with Gasteiger partial charge in [-0.05, 0) is 191 Å². The second-order valence-electron chi connectivity index (χ2n) is 30.5. The predicted molar refractivity (Wildman–Crippen MR) is 471 cm³/mol. The van der Waals surface area contributed by atoms with Gasteiger partial charge in [0.15, 0.2) is 46.0 Å². The molecule has 8 aliphatic rings. The van der Waals surface area contributed by atoms with Crippen LogP contribution in [0, 0.1) is 70.9 Å². The molecule has 0 saturated carbocycles. The normalized spacial score (nSPS) is 41.2. The molecule has 12 unspecified atom stereocenters. The highest BCUT2D eigenvalue weighted by Gasteiger charge is 2.47. The molecule has 4 fully saturated rings. The summed E-state index contributed by atoms with van der Waals surface area (Å²) in [7, 11) is 0.308. The molecule has 12 rings (SSSR count). The van der Waals surface area contributed by atoms with Gasteiger partial charge in [0.1, 0.15) is 48.4 Å². The lowest BCUT2D eigenvalue weighted by atomic mass is 9.79. The van der Waals surface area contributed by atoms with Crippen LogP contribution in [0.1, 0.15) is 321 Å². The molecule has 8 aliphatic heterocycles. The fourth-order valence-electron chi connectivity index (χ4n) is 14.8. The van der Waals surface area contributed by atoms with Crippen LogP contribution in [0.3, 0.4) is 0 Å². The lowest BCUT2D eigenvalue weighted by Crippen LogP contribution is -2.51. The number of nitrogens with two attached hydrogens (primary N) is 4. The molecule has 16 atom stereocenters. The SMILES string of the molecule is [2H]c1c(OC)c(OC([2H])([2H])[2H])c([2H])c2c1C1CC([2H])(OC(=O)[C@@]([2H])(N)C([2H])(C([2H])([2H])[2H])C([2H])([2H])[2H])C(CC(C)C)CN1C([2H])([2H])C2([2H])[2H].[2H]c1c(OC)c(OC([2H])([2H])[2H])c([2H])c2c1C1CC([2H])(OC(=O)[C@@]([2H])(N)C([2H])(C([2H])([2H])[2H])C([2H])([2H])[2H])C(CC(C)C)CN1C([2H])([2H])C2([2H])[2H].[2H]c1c(OC)c(OC)c([2H])c2c1C1([2H])CC(OC(=O)[C@@]([2H])(N)C([2H])(C([2H])([2H])[2H])C([2H])([2H])[2H])C(CC(C)C)CN1C([2H])([2H])C2([2H])[2H].[2H]c1c(OC)c(OC)c([2H])c2c1C1CC([2H])(OC(=O)[C@@]([2H])(N)C([2H])(C([2H])([2H])[2H])C([2H])([2H])[2H])C(CC(C)C)CN1C([2H])([2H])C2([2H])[2H]. The third kappa shape index (κ3) is 23.8. The van der Waals surface area contributed by atoms with Crippen molar-refractivity contribution in [2.45, 2.75) is 260 Å². The minimum atomic E-state index is -3.94. The van der Waals surface area contributed by atoms with Gasteiger partial charge in [-0.25, -0.2) is 0 Å². The van der Waals surface area contributed by atoms with Crippen LogP contribution < -0.4 is 60.8 Å². The van der Waals surface area contributed by atoms with Crippen molar-refractivity contribution >= 4 is 23.9 Å². The van der Waals surface area contributed by atoms with Gasteiger partial charge in [0.25, 0.3) is 0 Å². The van der Waals surface area contributed by atoms with E-state index in [4.69, 9.17) is 165 Å². The third-order valence-corrected chi connectivity index (χ3v) is 20.3. The number of hydrogen-bond donors (Lipinski definition) is 4. The molecule has 0 amide bonds. The number of methoxy groups -OCH3 is 8. The molecule has 0 radical (unpaired) electrons. The molecule has 672 valence electrons. The fourth-order valence-corrected chi connectivity index (χ4v) is 14.8. The molecule has 4 aromatic rings. The molecule has 8 heterocycles. The van der Waals surface area contributed by atoms with Crippen LogP contribution in [0.15, 0.2) is 48.3 Å². The maximum absolute atomic E-state index is 13.6. The Labute approximate surface area is 811 Å². The first kappa shape index (κ1) is 40.4. The quantitative estimate of drug-likeness (QED) is 0.0303. The molecule has 0 aromatic heterocycles. The topological polar surface area (TPSA) is 296 Å². The van der Waals surface area contributed by atoms with Crippen molar-refractivity contribution in [2.24, 2.45) is 93.9 Å². The predicted octanol–water partition coefficient (Wildman–Crippen LogP) is 14.3. The molecule has 4 aromatic carbocycles. The van der Waals surface area contributed by atoms with E-state index in [2.05, 4.69) is 0 Å². The average molecular weight is 1740 g/mol. The summed E-state index contributed by atoms with van der Waals surface area (Å²) in [5, 5.41) is 0. The van der Waals surface area contributed by atoms with Crippen LogP contribution in [0.5, 0.6) is 46.0 Å². The number of ether oxygens (including phenoxy) is 12. The molecular formula is C96H152N8O16. The summed E-state index contributed by atoms with van der Waals surface area (Å²) in [6, 6.07) is -27.7. The van der Waals surface area contributed by atoms with E-state index in [1.807, 2.05) is 0 Å². The zero-order valence-electron chi connectivity index (χ0n) is 135. The summed E-state index contributed by atoms with van der Waals surface area (Å²) in [4.78, 5) is 58.0. The van der Waals surface area contributed by atoms with Gasteiger partial charge < -0.3 is 79.8 Å². The molecule has 24 nitrogen and oxygen atoms in total. The Bertz CT molecular complexity index is 6890. The summed E-state index contributed by atoms with van der Waals surface area (Å²) in [6.45, 7) is -30.4. The number of rotatable bonds is 28. The average Bonchev–Trinajstić information content (AvgIpc) is 0.671. The summed E-state index contributed by atoms with van der Waals surface area (Å²) in [5.74, 6) is -33.2. The lowest BCUT2D eigenvalue weighted by Gasteiger charge is -2.47. The van der Waals surface area contributed by atoms with Gasteiger partial charge >= 0.3 is 23.9 Å². The molecule has 0 bridgehead atoms. The summed E-state index contributed by atoms with van der Waals surface area (Å²) in [6.07, 6.45) is -24.0. The Kier molecular flexibility index (Phi) is 14.8. The summed E-state index contributed by atoms with van der Waals surface area (Å²) in [5.41, 5.74) is 18.6. The lowest BCUT2D eigenvalue weighted by molar-refractivity contribution is -0.161. The van der Waals surface area contributed by atoms with Gasteiger partial charge in [0, 0.05) is 186 Å². The standard InChI is InChI=1S/4C24H38N2O4/c4*1-14(2)9-17-13-26-8-7-16-10-21(28-5)22(29-6)11-18(16)19(26)12-20(17)30-24(27)23(25)15(3)4/h4*10-11,14-15,17,19-20,23H,7-9,12-13,25H2,1-6H3/t4*17?,19?,20?,23-/m0000/s1/i2*3D3,4D3,5D3,7D2,8D2,10D,11D,15D,20D,23D;3D3,4D3,7D2,8D2,10D,11D,15D,20D,23D;3D3,4D3,7D2,8D2,10D,11D,15D,19D,23D. The van der Waals surface area contributed by atoms with Crippen LogP contribution in [0.25, 0.3) is 0 Å². The number of fused-ring (bicyclic) bond motifs is 12. The monoisotopic (exact) mass is 1740 g/mol. The molecule has 0 aliphatic carbocycles. The van der Waals surface area contributed by atoms with Gasteiger partial charge in [-0.15, -0.1) is 0 Å². The number of carbonyl (C=O) groups is 4. The van der Waals surface area contributed by atoms with Crippen LogP contribution in [-0.2, 0) is 63.6 Å². The fraction of sp³-hybridized carbons (Fsp3) is 0.708. The molecule has 0 spiro atoms. The van der Waals surface area contributed by atoms with Gasteiger partial charge in [0.05, 0.1) is 86.9 Å². The van der Waals surface area contributed by atoms with Crippen LogP contribution >= 0.6 is 0 Å². The van der Waals surface area contributed by atoms with Gasteiger partial charge in [0.2, 0.25) is 0 Å². The zero-order valence-corrected chi connectivity index (χ0v) is 69.0. The van der Waals surface area contributed by atoms with Crippen molar-refractivity contribution in [3.63, 3.8) is 0 Å². The first-order chi connectivity index (χ1) is 82.7. The number of hydrogen-bond acceptors (Lipinski definition) is 24. The Balaban J connectivity index is 0.000000270. The number of piperidine rings is 4. The molecular weight excluding hydrogens is 1520 g/mol. The molecule has 24 heteroatoms. The number of carbonyl (C=O) groups excluding carboxylic acids is 4. The largest absolute Gasteiger partial charge is 0.493 e. The van der Waals surface area contributed by atoms with Crippen molar-refractivity contribution in [3.05, 3.63) is 92.8 Å². The third-order valence-electron chi connectivity index (χ3n) is 20.3. The minimum Gasteiger partial charge on any atom is -0.493 e. The first-order valence-electron chi connectivity index (χ1n) is 71.2. The Morgan fingerprint density at radius 3 is 0.908 bits per heavy atom. The minimum absolute atomic E-state index is 0.00181. The number of benzene rings is 4. The first-order valence-corrected chi connectivity index (χ1v) is 38.2. The molecule has 8 N–H and O–H groups in total. The second-order valence-corrected chi connectivity index (χ2v) is 30.5. The van der Waals surface area contributed by atoms with E-state index in [1.54, 1.807) is 55.4 Å². The zero-order chi connectivity index (χ0) is 145. The van der Waals surface area contributed by atoms with Crippen molar-refractivity contribution < 1.29 is 166 Å². The van der Waals surface area contributed by atoms with Crippen LogP contribution in [0.4, 0.5) is 0 Å². The van der Waals surface area contributed by atoms with E-state index in [9.17, 15) is 24.7 Å². The van der Waals surface area contributed by atoms with E-state index in [1.165, 1.54) is 7.11 Å². The number of nitrogens with zero attached hydrogens (tertiary/aromatic N) is 4. The highest BCUT2D eigenvalue weighted by atomic mass is 16.6. The Hall–Kier alpha value is -7.16. The van der Waals surface area contributed by atoms with Crippen LogP contribution in [0.2, 0.25) is 0 Å². The van der Waals surface area contributed by atoms with Crippen molar-refractivity contribution in [1.82, 2.24) is 19.6 Å². The van der Waals surface area contributed by atoms with Gasteiger partial charge in [-0.1, -0.05) is 110 Å². The highest BCUT2D eigenvalue weighted by molar-refractivity contribution is 5.77. The van der Waals surface area contributed by atoms with Crippen molar-refractivity contribution in [2.75, 3.05) is 109 Å². The molecule has 4 saturated heterocycles. The summed E-state index contributed by atoms with van der Waals surface area (Å²) < 4.78 is 609. The van der Waals surface area contributed by atoms with Gasteiger partial charge in [-0.2, -0.15) is 0 Å². The Morgan fingerprint density at radius 1 is 0.375 bits per heavy atom. The summed E-state index contributed by atoms with van der Waals surface area (Å²) >= 11 is 0. The van der Waals surface area contributed by atoms with E-state index < -0.39 is 426 Å². The van der Waals surface area contributed by atoms with Crippen molar-refractivity contribution in [1.29, 1.82) is 0 Å². The Morgan fingerprint density at radius 2 is 0.625 bits per heavy atom. The van der Waals surface area contributed by atoms with Gasteiger partial charge in [-0.3, -0.25) is 38.8 Å². The van der Waals surface area contributed by atoms with E-state index in [-0.39, 0.29) is 77.9 Å². The maximum atomic E-state index is 13.6. The van der Waals surface area contributed by atoms with E-state index >= 15 is 0 Å².